The van der Waals surface area contributed by atoms with E-state index >= 15 is 0 Å². The minimum atomic E-state index is 0. The zero-order valence-corrected chi connectivity index (χ0v) is 5.26. The van der Waals surface area contributed by atoms with Gasteiger partial charge >= 0.3 is 0 Å². The van der Waals surface area contributed by atoms with Gasteiger partial charge in [0.15, 0.2) is 0 Å². The fourth-order valence-corrected chi connectivity index (χ4v) is 0.417. The Hall–Kier alpha value is -0.0151. The highest BCUT2D eigenvalue weighted by atomic mass is 17.1. The highest BCUT2D eigenvalue weighted by molar-refractivity contribution is 5.75. The summed E-state index contributed by atoms with van der Waals surface area (Å²) in [5, 5.41) is 7.79. The Morgan fingerprint density at radius 2 is 2.00 bits per heavy atom. The van der Waals surface area contributed by atoms with E-state index in [-0.39, 0.29) is 8.41 Å². The third-order valence-electron chi connectivity index (χ3n) is 0.839. The lowest BCUT2D eigenvalue weighted by molar-refractivity contribution is -0.242. The Balaban J connectivity index is 0. The molecule has 0 unspecified atom stereocenters. The zero-order valence-electron chi connectivity index (χ0n) is 5.26. The predicted molar refractivity (Wildman–Crippen MR) is 33.9 cm³/mol. The third kappa shape index (κ3) is 9.37. The van der Waals surface area contributed by atoms with Crippen molar-refractivity contribution in [3.63, 3.8) is 0 Å². The van der Waals surface area contributed by atoms with Crippen molar-refractivity contribution in [3.05, 3.63) is 0 Å². The second kappa shape index (κ2) is 10.1. The summed E-state index contributed by atoms with van der Waals surface area (Å²) in [6.07, 6.45) is 3.27. The molecule has 0 aliphatic heterocycles. The summed E-state index contributed by atoms with van der Waals surface area (Å²) < 4.78 is 0. The lowest BCUT2D eigenvalue weighted by atomic mass is 10.3. The second-order valence-corrected chi connectivity index (χ2v) is 1.54. The molecular weight excluding hydrogens is 103 g/mol. The lowest BCUT2D eigenvalue weighted by Gasteiger charge is -1.90. The van der Waals surface area contributed by atoms with Crippen molar-refractivity contribution in [2.75, 3.05) is 6.61 Å². The maximum Gasteiger partial charge on any atom is 0.0819 e. The average molecular weight is 115 g/mol. The summed E-state index contributed by atoms with van der Waals surface area (Å²) in [6.45, 7) is 2.59. The standard InChI is InChI=1S/C5H12O2.B/c1-2-3-4-5-7-6;/h6H,2-5H2,1H3;. The van der Waals surface area contributed by atoms with Crippen LogP contribution in [0.3, 0.4) is 0 Å². The van der Waals surface area contributed by atoms with Gasteiger partial charge in [-0.3, -0.25) is 5.26 Å². The molecule has 0 atom stereocenters. The first-order chi connectivity index (χ1) is 3.41. The molecule has 0 aromatic heterocycles. The van der Waals surface area contributed by atoms with Crippen LogP contribution in [0.25, 0.3) is 0 Å². The average Bonchev–Trinajstić information content (AvgIpc) is 1.69. The van der Waals surface area contributed by atoms with Crippen LogP contribution < -0.4 is 0 Å². The minimum absolute atomic E-state index is 0. The van der Waals surface area contributed by atoms with Crippen molar-refractivity contribution in [1.82, 2.24) is 0 Å². The zero-order chi connectivity index (χ0) is 5.54. The van der Waals surface area contributed by atoms with Crippen molar-refractivity contribution < 1.29 is 10.1 Å². The molecule has 0 saturated carbocycles. The van der Waals surface area contributed by atoms with Gasteiger partial charge in [0.1, 0.15) is 0 Å². The molecule has 0 amide bonds. The Morgan fingerprint density at radius 3 is 2.38 bits per heavy atom. The maximum absolute atomic E-state index is 7.79. The molecule has 0 rings (SSSR count). The predicted octanol–water partition coefficient (Wildman–Crippen LogP) is 1.29. The normalized spacial score (nSPS) is 8.25. The smallest absolute Gasteiger partial charge is 0.0819 e. The molecular formula is C5H12BO2. The number of rotatable bonds is 4. The summed E-state index contributed by atoms with van der Waals surface area (Å²) in [7, 11) is 0. The first-order valence-corrected chi connectivity index (χ1v) is 2.68. The van der Waals surface area contributed by atoms with Crippen LogP contribution in [0.5, 0.6) is 0 Å². The van der Waals surface area contributed by atoms with Crippen molar-refractivity contribution in [1.29, 1.82) is 0 Å². The Bertz CT molecular complexity index is 29.6. The first-order valence-electron chi connectivity index (χ1n) is 2.68. The quantitative estimate of drug-likeness (QED) is 0.259. The summed E-state index contributed by atoms with van der Waals surface area (Å²) in [4.78, 5) is 3.84. The van der Waals surface area contributed by atoms with Gasteiger partial charge in [-0.15, -0.1) is 0 Å². The van der Waals surface area contributed by atoms with Gasteiger partial charge in [-0.05, 0) is 6.42 Å². The van der Waals surface area contributed by atoms with Crippen LogP contribution in [0, 0.1) is 0 Å². The fraction of sp³-hybridized carbons (Fsp3) is 1.00. The fourth-order valence-electron chi connectivity index (χ4n) is 0.417. The van der Waals surface area contributed by atoms with E-state index in [2.05, 4.69) is 11.8 Å². The molecule has 0 saturated heterocycles. The topological polar surface area (TPSA) is 29.5 Å². The summed E-state index contributed by atoms with van der Waals surface area (Å²) in [6, 6.07) is 0. The lowest BCUT2D eigenvalue weighted by Crippen LogP contribution is -1.86. The molecule has 0 aliphatic rings. The highest BCUT2D eigenvalue weighted by Gasteiger charge is 1.81. The van der Waals surface area contributed by atoms with Gasteiger partial charge in [-0.2, -0.15) is 0 Å². The van der Waals surface area contributed by atoms with E-state index in [0.29, 0.717) is 6.61 Å². The molecule has 1 N–H and O–H groups in total. The van der Waals surface area contributed by atoms with Crippen LogP contribution >= 0.6 is 0 Å². The molecule has 0 aromatic carbocycles. The molecule has 3 heteroatoms. The van der Waals surface area contributed by atoms with Gasteiger partial charge in [0.05, 0.1) is 6.61 Å². The third-order valence-corrected chi connectivity index (χ3v) is 0.839. The largest absolute Gasteiger partial charge is 0.252 e. The SMILES string of the molecule is CCCCCOO.[B]. The van der Waals surface area contributed by atoms with Gasteiger partial charge in [0, 0.05) is 8.41 Å². The van der Waals surface area contributed by atoms with Crippen LogP contribution in [0.1, 0.15) is 26.2 Å². The van der Waals surface area contributed by atoms with Crippen LogP contribution in [0.15, 0.2) is 0 Å². The molecule has 3 radical (unpaired) electrons. The van der Waals surface area contributed by atoms with Gasteiger partial charge in [-0.1, -0.05) is 19.8 Å². The summed E-state index contributed by atoms with van der Waals surface area (Å²) >= 11 is 0. The molecule has 0 bridgehead atoms. The number of hydrogen-bond acceptors (Lipinski definition) is 2. The molecule has 0 fully saturated rings. The van der Waals surface area contributed by atoms with Crippen LogP contribution in [0.2, 0.25) is 0 Å². The van der Waals surface area contributed by atoms with Gasteiger partial charge in [0.25, 0.3) is 0 Å². The van der Waals surface area contributed by atoms with Gasteiger partial charge in [-0.25, -0.2) is 4.89 Å². The monoisotopic (exact) mass is 115 g/mol. The number of hydrogen-bond donors (Lipinski definition) is 1. The van der Waals surface area contributed by atoms with Crippen molar-refractivity contribution in [2.24, 2.45) is 0 Å². The molecule has 0 aromatic rings. The molecule has 0 heterocycles. The molecule has 8 heavy (non-hydrogen) atoms. The van der Waals surface area contributed by atoms with E-state index in [1.54, 1.807) is 0 Å². The molecule has 47 valence electrons. The summed E-state index contributed by atoms with van der Waals surface area (Å²) in [5.74, 6) is 0. The van der Waals surface area contributed by atoms with Crippen LogP contribution in [-0.4, -0.2) is 20.3 Å². The van der Waals surface area contributed by atoms with E-state index in [9.17, 15) is 0 Å². The van der Waals surface area contributed by atoms with Crippen LogP contribution in [-0.2, 0) is 4.89 Å². The Kier molecular flexibility index (Phi) is 13.7. The molecule has 0 spiro atoms. The maximum atomic E-state index is 7.79. The van der Waals surface area contributed by atoms with E-state index in [0.717, 1.165) is 12.8 Å². The van der Waals surface area contributed by atoms with E-state index in [1.807, 2.05) is 0 Å². The van der Waals surface area contributed by atoms with Gasteiger partial charge in [0.2, 0.25) is 0 Å². The van der Waals surface area contributed by atoms with E-state index in [1.165, 1.54) is 6.42 Å². The molecule has 0 aliphatic carbocycles. The van der Waals surface area contributed by atoms with Crippen LogP contribution in [0.4, 0.5) is 0 Å². The summed E-state index contributed by atoms with van der Waals surface area (Å²) in [5.41, 5.74) is 0. The van der Waals surface area contributed by atoms with Crippen molar-refractivity contribution in [3.8, 4) is 0 Å². The highest BCUT2D eigenvalue weighted by Crippen LogP contribution is 1.91. The number of unbranched alkanes of at least 4 members (excludes halogenated alkanes) is 2. The van der Waals surface area contributed by atoms with E-state index in [4.69, 9.17) is 5.26 Å². The Labute approximate surface area is 52.4 Å². The van der Waals surface area contributed by atoms with Gasteiger partial charge < -0.3 is 0 Å². The second-order valence-electron chi connectivity index (χ2n) is 1.54. The van der Waals surface area contributed by atoms with Crippen molar-refractivity contribution >= 4 is 8.41 Å². The van der Waals surface area contributed by atoms with E-state index < -0.39 is 0 Å². The Morgan fingerprint density at radius 1 is 1.38 bits per heavy atom. The minimum Gasteiger partial charge on any atom is -0.252 e. The first kappa shape index (κ1) is 10.9. The van der Waals surface area contributed by atoms with Crippen molar-refractivity contribution in [2.45, 2.75) is 26.2 Å². The molecule has 2 nitrogen and oxygen atoms in total.